The van der Waals surface area contributed by atoms with Crippen LogP contribution >= 0.6 is 0 Å². The number of benzene rings is 1. The number of nitrogens with zero attached hydrogens (tertiary/aromatic N) is 3. The minimum Gasteiger partial charge on any atom is -0.496 e. The molecule has 0 aliphatic heterocycles. The number of aromatic amines is 1. The lowest BCUT2D eigenvalue weighted by Crippen LogP contribution is -2.20. The first-order chi connectivity index (χ1) is 9.29. The lowest BCUT2D eigenvalue weighted by molar-refractivity contribution is 0.408. The van der Waals surface area contributed by atoms with Crippen molar-refractivity contribution in [3.05, 3.63) is 52.7 Å². The molecule has 0 saturated carbocycles. The summed E-state index contributed by atoms with van der Waals surface area (Å²) < 4.78 is 6.81. The molecule has 6 heteroatoms. The van der Waals surface area contributed by atoms with Crippen LogP contribution in [0, 0.1) is 0 Å². The summed E-state index contributed by atoms with van der Waals surface area (Å²) in [6, 6.07) is 7.59. The van der Waals surface area contributed by atoms with Gasteiger partial charge in [0.25, 0.3) is 5.56 Å². The Bertz CT molecular complexity index is 775. The van der Waals surface area contributed by atoms with Crippen LogP contribution < -0.4 is 10.3 Å². The van der Waals surface area contributed by atoms with Gasteiger partial charge in [-0.3, -0.25) is 14.5 Å². The van der Waals surface area contributed by atoms with Crippen molar-refractivity contribution in [3.8, 4) is 5.75 Å². The van der Waals surface area contributed by atoms with Gasteiger partial charge in [0.15, 0.2) is 5.65 Å². The molecule has 1 N–H and O–H groups in total. The maximum absolute atomic E-state index is 12.2. The molecule has 2 aromatic heterocycles. The van der Waals surface area contributed by atoms with Gasteiger partial charge in [-0.15, -0.1) is 0 Å². The van der Waals surface area contributed by atoms with Gasteiger partial charge in [0.05, 0.1) is 13.7 Å². The highest BCUT2D eigenvalue weighted by Gasteiger charge is 2.08. The summed E-state index contributed by atoms with van der Waals surface area (Å²) in [7, 11) is 1.61. The third-order valence-corrected chi connectivity index (χ3v) is 2.96. The van der Waals surface area contributed by atoms with Crippen molar-refractivity contribution in [2.75, 3.05) is 7.11 Å². The van der Waals surface area contributed by atoms with Gasteiger partial charge in [0.1, 0.15) is 17.5 Å². The number of hydrogen-bond acceptors (Lipinski definition) is 4. The van der Waals surface area contributed by atoms with E-state index in [0.29, 0.717) is 17.6 Å². The summed E-state index contributed by atoms with van der Waals surface area (Å²) in [5.74, 6) is 0.752. The smallest absolute Gasteiger partial charge is 0.264 e. The fourth-order valence-electron chi connectivity index (χ4n) is 2.00. The third-order valence-electron chi connectivity index (χ3n) is 2.96. The standard InChI is InChI=1S/C13H12N4O2/c1-19-11-5-3-2-4-9(11)7-17-8-14-12-10(13(17)18)6-15-16-12/h2-6,8H,7H2,1H3,(H,15,16). The zero-order valence-corrected chi connectivity index (χ0v) is 10.3. The van der Waals surface area contributed by atoms with Gasteiger partial charge in [-0.2, -0.15) is 5.10 Å². The van der Waals surface area contributed by atoms with Crippen LogP contribution in [0.2, 0.25) is 0 Å². The molecule has 0 fully saturated rings. The molecular formula is C13H12N4O2. The Morgan fingerprint density at radius 2 is 2.21 bits per heavy atom. The fraction of sp³-hybridized carbons (Fsp3) is 0.154. The maximum Gasteiger partial charge on any atom is 0.264 e. The van der Waals surface area contributed by atoms with Crippen LogP contribution in [0.1, 0.15) is 5.56 Å². The molecule has 2 heterocycles. The Balaban J connectivity index is 2.06. The zero-order chi connectivity index (χ0) is 13.2. The monoisotopic (exact) mass is 256 g/mol. The molecule has 0 amide bonds. The number of fused-ring (bicyclic) bond motifs is 1. The second-order valence-corrected chi connectivity index (χ2v) is 4.11. The predicted molar refractivity (Wildman–Crippen MR) is 70.2 cm³/mol. The predicted octanol–water partition coefficient (Wildman–Crippen LogP) is 1.18. The summed E-state index contributed by atoms with van der Waals surface area (Å²) in [4.78, 5) is 16.3. The molecule has 0 aliphatic rings. The Morgan fingerprint density at radius 3 is 3.05 bits per heavy atom. The summed E-state index contributed by atoms with van der Waals surface area (Å²) in [5.41, 5.74) is 1.24. The second-order valence-electron chi connectivity index (χ2n) is 4.11. The van der Waals surface area contributed by atoms with Gasteiger partial charge < -0.3 is 4.74 Å². The van der Waals surface area contributed by atoms with Crippen LogP contribution in [0.4, 0.5) is 0 Å². The quantitative estimate of drug-likeness (QED) is 0.763. The van der Waals surface area contributed by atoms with E-state index < -0.39 is 0 Å². The average molecular weight is 256 g/mol. The highest BCUT2D eigenvalue weighted by Crippen LogP contribution is 2.17. The van der Waals surface area contributed by atoms with E-state index in [1.165, 1.54) is 10.9 Å². The largest absolute Gasteiger partial charge is 0.496 e. The molecule has 0 unspecified atom stereocenters. The van der Waals surface area contributed by atoms with E-state index in [-0.39, 0.29) is 5.56 Å². The van der Waals surface area contributed by atoms with Crippen molar-refractivity contribution in [1.29, 1.82) is 0 Å². The molecule has 0 bridgehead atoms. The Morgan fingerprint density at radius 1 is 1.37 bits per heavy atom. The summed E-state index contributed by atoms with van der Waals surface area (Å²) in [6.07, 6.45) is 3.06. The molecule has 19 heavy (non-hydrogen) atoms. The van der Waals surface area contributed by atoms with Crippen LogP contribution in [0.15, 0.2) is 41.6 Å². The lowest BCUT2D eigenvalue weighted by atomic mass is 10.2. The highest BCUT2D eigenvalue weighted by atomic mass is 16.5. The van der Waals surface area contributed by atoms with Crippen LogP contribution in [-0.4, -0.2) is 26.9 Å². The normalized spacial score (nSPS) is 10.8. The van der Waals surface area contributed by atoms with E-state index in [9.17, 15) is 4.79 Å². The van der Waals surface area contributed by atoms with Crippen molar-refractivity contribution in [2.24, 2.45) is 0 Å². The van der Waals surface area contributed by atoms with Crippen molar-refractivity contribution < 1.29 is 4.74 Å². The van der Waals surface area contributed by atoms with Crippen molar-refractivity contribution >= 4 is 11.0 Å². The third kappa shape index (κ3) is 1.97. The van der Waals surface area contributed by atoms with Crippen LogP contribution in [0.5, 0.6) is 5.75 Å². The van der Waals surface area contributed by atoms with Gasteiger partial charge in [0.2, 0.25) is 0 Å². The molecule has 0 saturated heterocycles. The van der Waals surface area contributed by atoms with E-state index in [1.807, 2.05) is 24.3 Å². The van der Waals surface area contributed by atoms with Crippen LogP contribution in [0.3, 0.4) is 0 Å². The number of ether oxygens (including phenoxy) is 1. The topological polar surface area (TPSA) is 72.8 Å². The van der Waals surface area contributed by atoms with Gasteiger partial charge >= 0.3 is 0 Å². The molecule has 0 radical (unpaired) electrons. The summed E-state index contributed by atoms with van der Waals surface area (Å²) >= 11 is 0. The number of hydrogen-bond donors (Lipinski definition) is 1. The molecule has 1 aromatic carbocycles. The van der Waals surface area contributed by atoms with E-state index in [1.54, 1.807) is 13.3 Å². The molecule has 96 valence electrons. The Labute approximate surface area is 108 Å². The minimum atomic E-state index is -0.121. The number of para-hydroxylation sites is 1. The molecule has 0 aliphatic carbocycles. The van der Waals surface area contributed by atoms with Crippen molar-refractivity contribution in [2.45, 2.75) is 6.54 Å². The van der Waals surface area contributed by atoms with Gasteiger partial charge in [-0.05, 0) is 6.07 Å². The number of aromatic nitrogens is 4. The van der Waals surface area contributed by atoms with Gasteiger partial charge in [-0.25, -0.2) is 4.98 Å². The lowest BCUT2D eigenvalue weighted by Gasteiger charge is -2.09. The van der Waals surface area contributed by atoms with Crippen molar-refractivity contribution in [3.63, 3.8) is 0 Å². The maximum atomic E-state index is 12.2. The number of rotatable bonds is 3. The van der Waals surface area contributed by atoms with E-state index in [0.717, 1.165) is 11.3 Å². The highest BCUT2D eigenvalue weighted by molar-refractivity contribution is 5.71. The molecule has 6 nitrogen and oxygen atoms in total. The van der Waals surface area contributed by atoms with Gasteiger partial charge in [0, 0.05) is 11.8 Å². The molecule has 3 rings (SSSR count). The number of nitrogens with one attached hydrogen (secondary N) is 1. The number of H-pyrrole nitrogens is 1. The zero-order valence-electron chi connectivity index (χ0n) is 10.3. The van der Waals surface area contributed by atoms with E-state index >= 15 is 0 Å². The molecule has 3 aromatic rings. The minimum absolute atomic E-state index is 0.121. The Kier molecular flexibility index (Phi) is 2.75. The number of methoxy groups -OCH3 is 1. The van der Waals surface area contributed by atoms with Crippen molar-refractivity contribution in [1.82, 2.24) is 19.7 Å². The SMILES string of the molecule is COc1ccccc1Cn1cnc2n[nH]cc2c1=O. The summed E-state index contributed by atoms with van der Waals surface area (Å²) in [6.45, 7) is 0.414. The Hall–Kier alpha value is -2.63. The van der Waals surface area contributed by atoms with Gasteiger partial charge in [-0.1, -0.05) is 18.2 Å². The second kappa shape index (κ2) is 4.56. The molecule has 0 spiro atoms. The summed E-state index contributed by atoms with van der Waals surface area (Å²) in [5, 5.41) is 7.01. The van der Waals surface area contributed by atoms with E-state index in [2.05, 4.69) is 15.2 Å². The van der Waals surface area contributed by atoms with Crippen LogP contribution in [0.25, 0.3) is 11.0 Å². The average Bonchev–Trinajstić information content (AvgIpc) is 2.92. The van der Waals surface area contributed by atoms with Crippen LogP contribution in [-0.2, 0) is 6.54 Å². The fourth-order valence-corrected chi connectivity index (χ4v) is 2.00. The first kappa shape index (κ1) is 11.5. The first-order valence-electron chi connectivity index (χ1n) is 5.80. The first-order valence-corrected chi connectivity index (χ1v) is 5.80. The molecular weight excluding hydrogens is 244 g/mol. The van der Waals surface area contributed by atoms with E-state index in [4.69, 9.17) is 4.74 Å². The molecule has 0 atom stereocenters.